The molecule has 39 heavy (non-hydrogen) atoms. The first-order valence-electron chi connectivity index (χ1n) is 14.3. The number of aromatic amines is 1. The maximum atomic E-state index is 12.2. The highest BCUT2D eigenvalue weighted by molar-refractivity contribution is 5.87. The monoisotopic (exact) mass is 529 g/mol. The lowest BCUT2D eigenvalue weighted by Gasteiger charge is -2.36. The molecule has 3 aromatic rings. The number of aromatic nitrogens is 4. The topological polar surface area (TPSA) is 90.5 Å². The van der Waals surface area contributed by atoms with Crippen LogP contribution in [0, 0.1) is 6.92 Å². The maximum Gasteiger partial charge on any atom is 0.318 e. The molecule has 206 valence electrons. The first-order chi connectivity index (χ1) is 19.0. The van der Waals surface area contributed by atoms with Gasteiger partial charge in [0.1, 0.15) is 12.4 Å². The summed E-state index contributed by atoms with van der Waals surface area (Å²) in [4.78, 5) is 28.8. The number of ether oxygens (including phenoxy) is 1. The molecular formula is C30H39N7O2. The zero-order valence-corrected chi connectivity index (χ0v) is 23.2. The van der Waals surface area contributed by atoms with E-state index in [0.29, 0.717) is 37.7 Å². The molecule has 1 unspecified atom stereocenters. The van der Waals surface area contributed by atoms with E-state index in [2.05, 4.69) is 52.7 Å². The first-order valence-corrected chi connectivity index (χ1v) is 14.3. The van der Waals surface area contributed by atoms with Crippen LogP contribution in [0.15, 0.2) is 31.0 Å². The van der Waals surface area contributed by atoms with E-state index in [1.807, 2.05) is 11.1 Å². The molecule has 2 aliphatic heterocycles. The van der Waals surface area contributed by atoms with Gasteiger partial charge < -0.3 is 19.4 Å². The second kappa shape index (κ2) is 11.0. The molecular weight excluding hydrogens is 490 g/mol. The fourth-order valence-corrected chi connectivity index (χ4v) is 6.67. The van der Waals surface area contributed by atoms with Crippen molar-refractivity contribution >= 4 is 22.6 Å². The van der Waals surface area contributed by atoms with Crippen LogP contribution in [0.4, 0.5) is 5.82 Å². The molecule has 0 radical (unpaired) electrons. The molecule has 0 saturated carbocycles. The van der Waals surface area contributed by atoms with E-state index in [1.165, 1.54) is 34.6 Å². The zero-order chi connectivity index (χ0) is 26.9. The van der Waals surface area contributed by atoms with Crippen LogP contribution in [0.2, 0.25) is 0 Å². The second-order valence-corrected chi connectivity index (χ2v) is 11.3. The van der Waals surface area contributed by atoms with Gasteiger partial charge in [-0.2, -0.15) is 15.1 Å². The molecule has 1 aromatic carbocycles. The van der Waals surface area contributed by atoms with Gasteiger partial charge in [-0.15, -0.1) is 0 Å². The summed E-state index contributed by atoms with van der Waals surface area (Å²) in [6.45, 7) is 10.4. The third-order valence-electron chi connectivity index (χ3n) is 8.90. The number of likely N-dealkylation sites (tertiary alicyclic amines) is 1. The Morgan fingerprint density at radius 1 is 1.15 bits per heavy atom. The minimum absolute atomic E-state index is 0.00694. The Balaban J connectivity index is 1.33. The zero-order valence-electron chi connectivity index (χ0n) is 23.2. The molecule has 2 aromatic heterocycles. The van der Waals surface area contributed by atoms with Gasteiger partial charge in [-0.25, -0.2) is 0 Å². The molecule has 1 N–H and O–H groups in total. The standard InChI is InChI=1S/C30H39N7O2/c1-4-27(38)36-13-15-37(16-14-36)29-23-9-5-7-21(28-20(2)10-11-25-24(28)18-31-34-25)17-26(23)32-30(33-29)39-19-22-8-6-12-35(22)3/h4,10-11,18,21-22H,1,5-9,12-17,19H2,2-3H3,(H,31,34)/t21?,22-/m0/s1. The molecule has 9 heteroatoms. The van der Waals surface area contributed by atoms with Gasteiger partial charge in [-0.1, -0.05) is 12.6 Å². The predicted molar refractivity (Wildman–Crippen MR) is 152 cm³/mol. The normalized spacial score (nSPS) is 22.1. The van der Waals surface area contributed by atoms with Gasteiger partial charge in [0.15, 0.2) is 0 Å². The van der Waals surface area contributed by atoms with Gasteiger partial charge in [-0.05, 0) is 88.2 Å². The van der Waals surface area contributed by atoms with E-state index >= 15 is 0 Å². The van der Waals surface area contributed by atoms with E-state index in [9.17, 15) is 4.79 Å². The number of likely N-dealkylation sites (N-methyl/N-ethyl adjacent to an activating group) is 1. The van der Waals surface area contributed by atoms with Crippen LogP contribution in [0.1, 0.15) is 54.0 Å². The number of anilines is 1. The lowest BCUT2D eigenvalue weighted by atomic mass is 9.86. The second-order valence-electron chi connectivity index (χ2n) is 11.3. The highest BCUT2D eigenvalue weighted by Gasteiger charge is 2.30. The quantitative estimate of drug-likeness (QED) is 0.385. The fraction of sp³-hybridized carbons (Fsp3) is 0.533. The minimum Gasteiger partial charge on any atom is -0.462 e. The average Bonchev–Trinajstić information content (AvgIpc) is 3.54. The number of hydrogen-bond donors (Lipinski definition) is 1. The molecule has 6 rings (SSSR count). The van der Waals surface area contributed by atoms with Crippen LogP contribution in [-0.2, 0) is 17.6 Å². The number of hydrogen-bond acceptors (Lipinski definition) is 7. The largest absolute Gasteiger partial charge is 0.462 e. The van der Waals surface area contributed by atoms with Crippen molar-refractivity contribution in [3.8, 4) is 6.01 Å². The van der Waals surface area contributed by atoms with Crippen molar-refractivity contribution in [2.24, 2.45) is 0 Å². The smallest absolute Gasteiger partial charge is 0.318 e. The summed E-state index contributed by atoms with van der Waals surface area (Å²) < 4.78 is 6.31. The maximum absolute atomic E-state index is 12.2. The van der Waals surface area contributed by atoms with Gasteiger partial charge in [0.05, 0.1) is 17.4 Å². The molecule has 0 spiro atoms. The summed E-state index contributed by atoms with van der Waals surface area (Å²) in [5, 5.41) is 8.69. The number of benzene rings is 1. The Hall–Kier alpha value is -3.46. The van der Waals surface area contributed by atoms with Crippen molar-refractivity contribution in [3.63, 3.8) is 0 Å². The number of nitrogens with one attached hydrogen (secondary N) is 1. The summed E-state index contributed by atoms with van der Waals surface area (Å²) in [6, 6.07) is 5.20. The van der Waals surface area contributed by atoms with Crippen LogP contribution in [0.25, 0.3) is 10.9 Å². The van der Waals surface area contributed by atoms with E-state index in [1.54, 1.807) is 0 Å². The van der Waals surface area contributed by atoms with E-state index in [0.717, 1.165) is 68.8 Å². The summed E-state index contributed by atoms with van der Waals surface area (Å²) in [5.41, 5.74) is 6.10. The molecule has 1 amide bonds. The molecule has 2 atom stereocenters. The number of H-pyrrole nitrogens is 1. The van der Waals surface area contributed by atoms with Crippen molar-refractivity contribution in [3.05, 3.63) is 53.4 Å². The highest BCUT2D eigenvalue weighted by Crippen LogP contribution is 2.39. The van der Waals surface area contributed by atoms with Gasteiger partial charge in [0.25, 0.3) is 0 Å². The highest BCUT2D eigenvalue weighted by atomic mass is 16.5. The third-order valence-corrected chi connectivity index (χ3v) is 8.90. The van der Waals surface area contributed by atoms with E-state index in [-0.39, 0.29) is 5.91 Å². The third kappa shape index (κ3) is 5.12. The van der Waals surface area contributed by atoms with E-state index < -0.39 is 0 Å². The average molecular weight is 530 g/mol. The molecule has 1 aliphatic carbocycles. The van der Waals surface area contributed by atoms with Crippen LogP contribution in [-0.4, -0.2) is 88.3 Å². The molecule has 4 heterocycles. The van der Waals surface area contributed by atoms with Crippen molar-refractivity contribution < 1.29 is 9.53 Å². The Morgan fingerprint density at radius 3 is 2.77 bits per heavy atom. The molecule has 2 fully saturated rings. The Bertz CT molecular complexity index is 1360. The van der Waals surface area contributed by atoms with Gasteiger partial charge >= 0.3 is 6.01 Å². The van der Waals surface area contributed by atoms with Crippen LogP contribution in [0.5, 0.6) is 6.01 Å². The molecule has 0 bridgehead atoms. The molecule has 2 saturated heterocycles. The minimum atomic E-state index is -0.00694. The number of piperazine rings is 1. The van der Waals surface area contributed by atoms with Crippen molar-refractivity contribution in [2.45, 2.75) is 57.4 Å². The lowest BCUT2D eigenvalue weighted by molar-refractivity contribution is -0.126. The number of rotatable bonds is 6. The first kappa shape index (κ1) is 25.8. The van der Waals surface area contributed by atoms with Gasteiger partial charge in [0, 0.05) is 43.2 Å². The van der Waals surface area contributed by atoms with E-state index in [4.69, 9.17) is 14.7 Å². The van der Waals surface area contributed by atoms with Crippen molar-refractivity contribution in [1.29, 1.82) is 0 Å². The fourth-order valence-electron chi connectivity index (χ4n) is 6.67. The predicted octanol–water partition coefficient (Wildman–Crippen LogP) is 3.63. The summed E-state index contributed by atoms with van der Waals surface area (Å²) in [5.74, 6) is 1.33. The Morgan fingerprint density at radius 2 is 2.00 bits per heavy atom. The van der Waals surface area contributed by atoms with Gasteiger partial charge in [0.2, 0.25) is 5.91 Å². The number of amides is 1. The summed E-state index contributed by atoms with van der Waals surface area (Å²) in [6.07, 6.45) is 9.67. The lowest BCUT2D eigenvalue weighted by Crippen LogP contribution is -2.49. The summed E-state index contributed by atoms with van der Waals surface area (Å²) >= 11 is 0. The number of fused-ring (bicyclic) bond motifs is 2. The number of aryl methyl sites for hydroxylation is 1. The van der Waals surface area contributed by atoms with Crippen molar-refractivity contribution in [1.82, 2.24) is 30.0 Å². The summed E-state index contributed by atoms with van der Waals surface area (Å²) in [7, 11) is 2.16. The number of nitrogens with zero attached hydrogens (tertiary/aromatic N) is 6. The number of carbonyl (C=O) groups is 1. The SMILES string of the molecule is C=CC(=O)N1CCN(c2nc(OC[C@@H]3CCCN3C)nc3c2CCCC(c2c(C)ccc4[nH]ncc24)C3)CC1. The molecule has 9 nitrogen and oxygen atoms in total. The Labute approximate surface area is 230 Å². The molecule has 3 aliphatic rings. The van der Waals surface area contributed by atoms with Crippen LogP contribution in [0.3, 0.4) is 0 Å². The Kier molecular flexibility index (Phi) is 7.25. The van der Waals surface area contributed by atoms with Crippen molar-refractivity contribution in [2.75, 3.05) is 51.3 Å². The number of carbonyl (C=O) groups excluding carboxylic acids is 1. The van der Waals surface area contributed by atoms with Crippen LogP contribution >= 0.6 is 0 Å². The van der Waals surface area contributed by atoms with Gasteiger partial charge in [-0.3, -0.25) is 9.89 Å². The van der Waals surface area contributed by atoms with Crippen LogP contribution < -0.4 is 9.64 Å².